The normalized spacial score (nSPS) is 23.4. The summed E-state index contributed by atoms with van der Waals surface area (Å²) in [7, 11) is 3.17. The smallest absolute Gasteiger partial charge is 0.277 e. The van der Waals surface area contributed by atoms with E-state index in [1.54, 1.807) is 32.4 Å². The fourth-order valence-corrected chi connectivity index (χ4v) is 4.69. The molecule has 0 aliphatic heterocycles. The fourth-order valence-electron chi connectivity index (χ4n) is 4.11. The Kier molecular flexibility index (Phi) is 5.24. The van der Waals surface area contributed by atoms with Gasteiger partial charge in [0.2, 0.25) is 11.8 Å². The third-order valence-corrected chi connectivity index (χ3v) is 6.23. The summed E-state index contributed by atoms with van der Waals surface area (Å²) in [6.45, 7) is 0. The van der Waals surface area contributed by atoms with Crippen molar-refractivity contribution in [2.45, 2.75) is 36.9 Å². The summed E-state index contributed by atoms with van der Waals surface area (Å²) in [5.74, 6) is 3.43. The van der Waals surface area contributed by atoms with Crippen LogP contribution >= 0.6 is 11.8 Å². The fraction of sp³-hybridized carbons (Fsp3) is 0.526. The van der Waals surface area contributed by atoms with Crippen molar-refractivity contribution >= 4 is 17.7 Å². The number of fused-ring (bicyclic) bond motifs is 2. The first-order chi connectivity index (χ1) is 13.1. The zero-order chi connectivity index (χ0) is 18.8. The van der Waals surface area contributed by atoms with E-state index in [0.717, 1.165) is 12.3 Å². The van der Waals surface area contributed by atoms with Crippen molar-refractivity contribution in [3.05, 3.63) is 18.2 Å². The first-order valence-corrected chi connectivity index (χ1v) is 10.1. The molecule has 2 aliphatic rings. The first kappa shape index (κ1) is 18.2. The number of amides is 1. The van der Waals surface area contributed by atoms with Gasteiger partial charge < -0.3 is 19.2 Å². The van der Waals surface area contributed by atoms with Gasteiger partial charge in [-0.2, -0.15) is 0 Å². The van der Waals surface area contributed by atoms with Crippen LogP contribution in [0.15, 0.2) is 27.8 Å². The molecule has 8 heteroatoms. The van der Waals surface area contributed by atoms with Gasteiger partial charge >= 0.3 is 0 Å². The second-order valence-corrected chi connectivity index (χ2v) is 8.04. The molecule has 0 spiro atoms. The number of carbonyl (C=O) groups excluding carboxylic acids is 1. The first-order valence-electron chi connectivity index (χ1n) is 9.13. The molecule has 0 saturated heterocycles. The van der Waals surface area contributed by atoms with Crippen LogP contribution in [0.1, 0.15) is 25.7 Å². The Morgan fingerprint density at radius 3 is 2.59 bits per heavy atom. The number of thioether (sulfide) groups is 1. The molecule has 2 aromatic rings. The van der Waals surface area contributed by atoms with Gasteiger partial charge in [0.25, 0.3) is 5.22 Å². The Hall–Kier alpha value is -2.22. The number of aromatic nitrogens is 2. The lowest BCUT2D eigenvalue weighted by atomic mass is 9.95. The molecule has 3 atom stereocenters. The molecule has 2 fully saturated rings. The second-order valence-electron chi connectivity index (χ2n) is 7.11. The standard InChI is InChI=1S/C19H23N3O4S/c1-24-14-7-13(8-15(9-14)25-2)18-21-22-19(26-18)27-10-17(23)20-16-6-11-3-4-12(16)5-11/h7-9,11-12,16H,3-6,10H2,1-2H3,(H,20,23). The van der Waals surface area contributed by atoms with E-state index >= 15 is 0 Å². The molecule has 2 aliphatic carbocycles. The van der Waals surface area contributed by atoms with Gasteiger partial charge in [0.15, 0.2) is 0 Å². The topological polar surface area (TPSA) is 86.5 Å². The van der Waals surface area contributed by atoms with Crippen LogP contribution in [0.4, 0.5) is 0 Å². The van der Waals surface area contributed by atoms with Gasteiger partial charge in [-0.05, 0) is 43.2 Å². The average Bonchev–Trinajstić information content (AvgIpc) is 3.42. The summed E-state index contributed by atoms with van der Waals surface area (Å²) in [5, 5.41) is 11.6. The molecule has 2 bridgehead atoms. The van der Waals surface area contributed by atoms with E-state index in [4.69, 9.17) is 13.9 Å². The predicted molar refractivity (Wildman–Crippen MR) is 101 cm³/mol. The van der Waals surface area contributed by atoms with Crippen LogP contribution in [-0.4, -0.2) is 42.1 Å². The van der Waals surface area contributed by atoms with Gasteiger partial charge in [-0.15, -0.1) is 10.2 Å². The summed E-state index contributed by atoms with van der Waals surface area (Å²) in [6, 6.07) is 5.72. The number of hydrogen-bond donors (Lipinski definition) is 1. The maximum Gasteiger partial charge on any atom is 0.277 e. The number of nitrogens with zero attached hydrogens (tertiary/aromatic N) is 2. The van der Waals surface area contributed by atoms with Crippen molar-refractivity contribution in [1.29, 1.82) is 0 Å². The number of rotatable bonds is 7. The average molecular weight is 389 g/mol. The zero-order valence-corrected chi connectivity index (χ0v) is 16.3. The lowest BCUT2D eigenvalue weighted by Gasteiger charge is -2.22. The van der Waals surface area contributed by atoms with Crippen LogP contribution in [0.25, 0.3) is 11.5 Å². The highest BCUT2D eigenvalue weighted by molar-refractivity contribution is 7.99. The molecule has 1 aromatic carbocycles. The summed E-state index contributed by atoms with van der Waals surface area (Å²) in [4.78, 5) is 12.2. The van der Waals surface area contributed by atoms with E-state index in [2.05, 4.69) is 15.5 Å². The Bertz CT molecular complexity index is 803. The third-order valence-electron chi connectivity index (χ3n) is 5.42. The van der Waals surface area contributed by atoms with Gasteiger partial charge in [0.05, 0.1) is 20.0 Å². The molecule has 1 aromatic heterocycles. The van der Waals surface area contributed by atoms with Crippen molar-refractivity contribution in [2.75, 3.05) is 20.0 Å². The molecule has 1 amide bonds. The molecule has 0 radical (unpaired) electrons. The van der Waals surface area contributed by atoms with Gasteiger partial charge in [-0.25, -0.2) is 0 Å². The Morgan fingerprint density at radius 1 is 1.19 bits per heavy atom. The molecule has 144 valence electrons. The van der Waals surface area contributed by atoms with E-state index in [9.17, 15) is 4.79 Å². The molecule has 1 heterocycles. The molecule has 7 nitrogen and oxygen atoms in total. The summed E-state index contributed by atoms with van der Waals surface area (Å²) in [6.07, 6.45) is 4.98. The number of ether oxygens (including phenoxy) is 2. The van der Waals surface area contributed by atoms with Crippen LogP contribution in [-0.2, 0) is 4.79 Å². The Balaban J connectivity index is 1.35. The summed E-state index contributed by atoms with van der Waals surface area (Å²) in [5.41, 5.74) is 0.706. The minimum absolute atomic E-state index is 0.0281. The molecule has 3 unspecified atom stereocenters. The van der Waals surface area contributed by atoms with E-state index in [-0.39, 0.29) is 11.7 Å². The van der Waals surface area contributed by atoms with Crippen LogP contribution in [0.2, 0.25) is 0 Å². The molecular formula is C19H23N3O4S. The maximum absolute atomic E-state index is 12.2. The third kappa shape index (κ3) is 4.05. The lowest BCUT2D eigenvalue weighted by molar-refractivity contribution is -0.119. The van der Waals surface area contributed by atoms with Crippen LogP contribution in [0.3, 0.4) is 0 Å². The van der Waals surface area contributed by atoms with Crippen molar-refractivity contribution in [3.63, 3.8) is 0 Å². The monoisotopic (exact) mass is 389 g/mol. The number of nitrogens with one attached hydrogen (secondary N) is 1. The predicted octanol–water partition coefficient (Wildman–Crippen LogP) is 3.15. The Labute approximate surface area is 162 Å². The molecular weight excluding hydrogens is 366 g/mol. The van der Waals surface area contributed by atoms with Crippen molar-refractivity contribution in [3.8, 4) is 23.0 Å². The van der Waals surface area contributed by atoms with Crippen LogP contribution in [0.5, 0.6) is 11.5 Å². The summed E-state index contributed by atoms with van der Waals surface area (Å²) < 4.78 is 16.2. The zero-order valence-electron chi connectivity index (χ0n) is 15.4. The number of carbonyl (C=O) groups is 1. The minimum Gasteiger partial charge on any atom is -0.497 e. The molecule has 2 saturated carbocycles. The van der Waals surface area contributed by atoms with Gasteiger partial charge in [-0.3, -0.25) is 4.79 Å². The maximum atomic E-state index is 12.2. The van der Waals surface area contributed by atoms with E-state index in [1.807, 2.05) is 0 Å². The van der Waals surface area contributed by atoms with E-state index in [1.165, 1.54) is 31.0 Å². The highest BCUT2D eigenvalue weighted by atomic mass is 32.2. The van der Waals surface area contributed by atoms with E-state index < -0.39 is 0 Å². The van der Waals surface area contributed by atoms with Gasteiger partial charge in [-0.1, -0.05) is 18.2 Å². The van der Waals surface area contributed by atoms with Crippen LogP contribution < -0.4 is 14.8 Å². The minimum atomic E-state index is 0.0281. The highest BCUT2D eigenvalue weighted by Crippen LogP contribution is 2.44. The quantitative estimate of drug-likeness (QED) is 0.728. The Morgan fingerprint density at radius 2 is 1.96 bits per heavy atom. The SMILES string of the molecule is COc1cc(OC)cc(-c2nnc(SCC(=O)NC3CC4CCC3C4)o2)c1. The molecule has 4 rings (SSSR count). The highest BCUT2D eigenvalue weighted by Gasteiger charge is 2.40. The van der Waals surface area contributed by atoms with Crippen molar-refractivity contribution in [2.24, 2.45) is 11.8 Å². The number of hydrogen-bond acceptors (Lipinski definition) is 7. The second kappa shape index (κ2) is 7.80. The van der Waals surface area contributed by atoms with Crippen molar-refractivity contribution < 1.29 is 18.7 Å². The summed E-state index contributed by atoms with van der Waals surface area (Å²) >= 11 is 1.25. The largest absolute Gasteiger partial charge is 0.497 e. The number of benzene rings is 1. The van der Waals surface area contributed by atoms with Gasteiger partial charge in [0, 0.05) is 17.7 Å². The van der Waals surface area contributed by atoms with Crippen LogP contribution in [0, 0.1) is 11.8 Å². The van der Waals surface area contributed by atoms with E-state index in [0.29, 0.717) is 40.1 Å². The van der Waals surface area contributed by atoms with Crippen molar-refractivity contribution in [1.82, 2.24) is 15.5 Å². The number of methoxy groups -OCH3 is 2. The lowest BCUT2D eigenvalue weighted by Crippen LogP contribution is -2.39. The molecule has 1 N–H and O–H groups in total. The molecule has 27 heavy (non-hydrogen) atoms. The van der Waals surface area contributed by atoms with Gasteiger partial charge in [0.1, 0.15) is 11.5 Å².